The fraction of sp³-hybridized carbons (Fsp3) is 0.846. The largest absolute Gasteiger partial charge is 0.389 e. The summed E-state index contributed by atoms with van der Waals surface area (Å²) in [4.78, 5) is 0. The van der Waals surface area contributed by atoms with E-state index >= 15 is 0 Å². The topological polar surface area (TPSA) is 32.3 Å². The second-order valence-electron chi connectivity index (χ2n) is 4.78. The average molecular weight is 209 g/mol. The van der Waals surface area contributed by atoms with Crippen molar-refractivity contribution in [2.45, 2.75) is 51.6 Å². The minimum atomic E-state index is -0.461. The van der Waals surface area contributed by atoms with Crippen LogP contribution in [0.25, 0.3) is 0 Å². The molecule has 2 N–H and O–H groups in total. The Hall–Kier alpha value is -0.520. The molecule has 0 aliphatic heterocycles. The molecule has 0 aromatic carbocycles. The van der Waals surface area contributed by atoms with E-state index in [1.165, 1.54) is 6.42 Å². The minimum Gasteiger partial charge on any atom is -0.389 e. The van der Waals surface area contributed by atoms with E-state index in [2.05, 4.69) is 24.1 Å². The molecule has 0 bridgehead atoms. The van der Waals surface area contributed by atoms with Crippen molar-refractivity contribution in [1.82, 2.24) is 5.32 Å². The van der Waals surface area contributed by atoms with E-state index in [4.69, 9.17) is 0 Å². The number of hydrogen-bond acceptors (Lipinski definition) is 2. The molecular weight excluding hydrogens is 186 g/mol. The lowest BCUT2D eigenvalue weighted by Gasteiger charge is -2.35. The molecule has 0 spiro atoms. The van der Waals surface area contributed by atoms with Gasteiger partial charge < -0.3 is 10.4 Å². The first-order valence-corrected chi connectivity index (χ1v) is 5.99. The Morgan fingerprint density at radius 1 is 1.53 bits per heavy atom. The van der Waals surface area contributed by atoms with Gasteiger partial charge in [0.2, 0.25) is 0 Å². The average Bonchev–Trinajstić information content (AvgIpc) is 2.17. The first-order chi connectivity index (χ1) is 7.16. The van der Waals surface area contributed by atoms with Gasteiger partial charge in [0.25, 0.3) is 0 Å². The molecule has 0 aromatic rings. The molecule has 0 aromatic heterocycles. The van der Waals surface area contributed by atoms with Gasteiger partial charge in [-0.25, -0.2) is 0 Å². The fourth-order valence-corrected chi connectivity index (χ4v) is 2.39. The van der Waals surface area contributed by atoms with Crippen LogP contribution in [0, 0.1) is 17.8 Å². The maximum atomic E-state index is 10.3. The zero-order valence-electron chi connectivity index (χ0n) is 9.97. The third-order valence-electron chi connectivity index (χ3n) is 3.13. The summed E-state index contributed by atoms with van der Waals surface area (Å²) in [5, 5.41) is 13.6. The van der Waals surface area contributed by atoms with Crippen LogP contribution in [0.4, 0.5) is 0 Å². The second kappa shape index (κ2) is 6.15. The molecule has 2 nitrogen and oxygen atoms in total. The quantitative estimate of drug-likeness (QED) is 0.548. The predicted octanol–water partition coefficient (Wildman–Crippen LogP) is 1.93. The maximum absolute atomic E-state index is 10.3. The fourth-order valence-electron chi connectivity index (χ4n) is 2.39. The zero-order chi connectivity index (χ0) is 11.1. The molecule has 1 fully saturated rings. The van der Waals surface area contributed by atoms with Gasteiger partial charge in [0.15, 0.2) is 0 Å². The van der Waals surface area contributed by atoms with E-state index in [0.29, 0.717) is 5.92 Å². The van der Waals surface area contributed by atoms with Crippen molar-refractivity contribution in [2.24, 2.45) is 5.92 Å². The van der Waals surface area contributed by atoms with Crippen LogP contribution in [-0.2, 0) is 0 Å². The highest BCUT2D eigenvalue weighted by atomic mass is 16.3. The van der Waals surface area contributed by atoms with Crippen molar-refractivity contribution in [3.63, 3.8) is 0 Å². The molecule has 2 atom stereocenters. The summed E-state index contributed by atoms with van der Waals surface area (Å²) < 4.78 is 0. The Labute approximate surface area is 93.5 Å². The first kappa shape index (κ1) is 12.5. The summed E-state index contributed by atoms with van der Waals surface area (Å²) in [5.41, 5.74) is -0.461. The minimum absolute atomic E-state index is 0.461. The van der Waals surface area contributed by atoms with Gasteiger partial charge in [-0.3, -0.25) is 0 Å². The van der Waals surface area contributed by atoms with E-state index in [-0.39, 0.29) is 0 Å². The summed E-state index contributed by atoms with van der Waals surface area (Å²) in [6.45, 7) is 5.70. The van der Waals surface area contributed by atoms with Crippen molar-refractivity contribution in [3.05, 3.63) is 0 Å². The van der Waals surface area contributed by atoms with Gasteiger partial charge in [-0.2, -0.15) is 0 Å². The molecule has 1 rings (SSSR count). The second-order valence-corrected chi connectivity index (χ2v) is 4.78. The molecule has 1 aliphatic carbocycles. The van der Waals surface area contributed by atoms with Gasteiger partial charge in [0.1, 0.15) is 0 Å². The van der Waals surface area contributed by atoms with Crippen molar-refractivity contribution >= 4 is 0 Å². The standard InChI is InChI=1S/C13H23NO/c1-3-4-5-9-14-11-13(15)8-6-7-12(2)10-13/h12,14-15H,5-11H2,1-2H3. The van der Waals surface area contributed by atoms with Crippen LogP contribution in [0.5, 0.6) is 0 Å². The highest BCUT2D eigenvalue weighted by Crippen LogP contribution is 2.31. The molecule has 0 saturated heterocycles. The third-order valence-corrected chi connectivity index (χ3v) is 3.13. The smallest absolute Gasteiger partial charge is 0.0774 e. The van der Waals surface area contributed by atoms with Gasteiger partial charge in [-0.1, -0.05) is 19.8 Å². The Morgan fingerprint density at radius 2 is 2.33 bits per heavy atom. The Balaban J connectivity index is 2.19. The molecule has 1 saturated carbocycles. The Kier molecular flexibility index (Phi) is 5.14. The van der Waals surface area contributed by atoms with E-state index in [0.717, 1.165) is 38.8 Å². The van der Waals surface area contributed by atoms with Crippen molar-refractivity contribution in [2.75, 3.05) is 13.1 Å². The summed E-state index contributed by atoms with van der Waals surface area (Å²) in [5.74, 6) is 6.55. The van der Waals surface area contributed by atoms with Gasteiger partial charge in [-0.05, 0) is 25.7 Å². The molecule has 0 radical (unpaired) electrons. The van der Waals surface area contributed by atoms with Crippen molar-refractivity contribution in [1.29, 1.82) is 0 Å². The molecular formula is C13H23NO. The number of aliphatic hydroxyl groups is 1. The van der Waals surface area contributed by atoms with Crippen LogP contribution in [0.3, 0.4) is 0 Å². The van der Waals surface area contributed by atoms with Crippen LogP contribution < -0.4 is 5.32 Å². The monoisotopic (exact) mass is 209 g/mol. The molecule has 2 unspecified atom stereocenters. The number of nitrogens with one attached hydrogen (secondary N) is 1. The normalized spacial score (nSPS) is 30.7. The molecule has 0 amide bonds. The number of hydrogen-bond donors (Lipinski definition) is 2. The van der Waals surface area contributed by atoms with Gasteiger partial charge in [-0.15, -0.1) is 11.8 Å². The summed E-state index contributed by atoms with van der Waals surface area (Å²) in [6.07, 6.45) is 5.20. The van der Waals surface area contributed by atoms with Crippen LogP contribution in [0.2, 0.25) is 0 Å². The SMILES string of the molecule is CC#CCCNCC1(O)CCCC(C)C1. The van der Waals surface area contributed by atoms with Crippen LogP contribution in [0.1, 0.15) is 46.0 Å². The first-order valence-electron chi connectivity index (χ1n) is 5.99. The molecule has 15 heavy (non-hydrogen) atoms. The summed E-state index contributed by atoms with van der Waals surface area (Å²) >= 11 is 0. The van der Waals surface area contributed by atoms with Crippen molar-refractivity contribution in [3.8, 4) is 11.8 Å². The van der Waals surface area contributed by atoms with E-state index in [1.54, 1.807) is 0 Å². The van der Waals surface area contributed by atoms with Crippen molar-refractivity contribution < 1.29 is 5.11 Å². The lowest BCUT2D eigenvalue weighted by Crippen LogP contribution is -2.44. The lowest BCUT2D eigenvalue weighted by molar-refractivity contribution is -0.0114. The number of rotatable bonds is 4. The third kappa shape index (κ3) is 4.68. The Morgan fingerprint density at radius 3 is 3.00 bits per heavy atom. The van der Waals surface area contributed by atoms with Gasteiger partial charge in [0, 0.05) is 19.5 Å². The molecule has 2 heteroatoms. The summed E-state index contributed by atoms with van der Waals surface area (Å²) in [7, 11) is 0. The molecule has 86 valence electrons. The highest BCUT2D eigenvalue weighted by molar-refractivity contribution is 4.95. The van der Waals surface area contributed by atoms with E-state index < -0.39 is 5.60 Å². The van der Waals surface area contributed by atoms with Crippen LogP contribution in [-0.4, -0.2) is 23.8 Å². The van der Waals surface area contributed by atoms with Crippen LogP contribution in [0.15, 0.2) is 0 Å². The van der Waals surface area contributed by atoms with Gasteiger partial charge >= 0.3 is 0 Å². The van der Waals surface area contributed by atoms with E-state index in [1.807, 2.05) is 6.92 Å². The zero-order valence-corrected chi connectivity index (χ0v) is 9.97. The van der Waals surface area contributed by atoms with Gasteiger partial charge in [0.05, 0.1) is 5.60 Å². The highest BCUT2D eigenvalue weighted by Gasteiger charge is 2.31. The Bertz CT molecular complexity index is 241. The summed E-state index contributed by atoms with van der Waals surface area (Å²) in [6, 6.07) is 0. The predicted molar refractivity (Wildman–Crippen MR) is 63.5 cm³/mol. The van der Waals surface area contributed by atoms with Crippen LogP contribution >= 0.6 is 0 Å². The molecule has 1 aliphatic rings. The lowest BCUT2D eigenvalue weighted by atomic mass is 9.79. The maximum Gasteiger partial charge on any atom is 0.0774 e. The molecule has 0 heterocycles. The van der Waals surface area contributed by atoms with E-state index in [9.17, 15) is 5.11 Å².